The van der Waals surface area contributed by atoms with Gasteiger partial charge in [-0.25, -0.2) is 0 Å². The molecule has 0 aliphatic carbocycles. The highest BCUT2D eigenvalue weighted by Gasteiger charge is 2.22. The average Bonchev–Trinajstić information content (AvgIpc) is 2.66. The van der Waals surface area contributed by atoms with Crippen LogP contribution in [0.25, 0.3) is 10.9 Å². The molecule has 3 rings (SSSR count). The van der Waals surface area contributed by atoms with Crippen molar-refractivity contribution in [3.63, 3.8) is 0 Å². The first kappa shape index (κ1) is 19.7. The number of hydrazine groups is 1. The number of hydrogen-bond donors (Lipinski definition) is 3. The minimum absolute atomic E-state index is 0.0834. The number of halogens is 2. The third-order valence-electron chi connectivity index (χ3n) is 4.15. The number of rotatable bonds is 3. The highest BCUT2D eigenvalue weighted by atomic mass is 35.5. The van der Waals surface area contributed by atoms with Crippen LogP contribution in [-0.4, -0.2) is 21.5 Å². The van der Waals surface area contributed by atoms with Crippen LogP contribution < -0.4 is 16.4 Å². The molecule has 2 aromatic carbocycles. The Morgan fingerprint density at radius 1 is 1.07 bits per heavy atom. The number of nitrogens with zero attached hydrogens (tertiary/aromatic N) is 1. The Bertz CT molecular complexity index is 1160. The number of para-hydroxylation sites is 1. The second kappa shape index (κ2) is 7.92. The molecule has 1 aromatic heterocycles. The number of amides is 2. The standard InChI is InChI=1S/C19H15Cl2N3O4/c1-2-24-14-6-4-3-5-12(14)16(25)15(19(24)28)18(27)23-22-17(26)11-8-7-10(20)9-13(11)21/h3-9,25H,2H2,1H3,(H,22,26)(H,23,27). The Morgan fingerprint density at radius 2 is 1.75 bits per heavy atom. The number of aromatic hydroxyl groups is 1. The summed E-state index contributed by atoms with van der Waals surface area (Å²) in [6.07, 6.45) is 0. The van der Waals surface area contributed by atoms with E-state index in [9.17, 15) is 19.5 Å². The first-order valence-corrected chi connectivity index (χ1v) is 9.01. The van der Waals surface area contributed by atoms with E-state index in [-0.39, 0.29) is 10.6 Å². The number of benzene rings is 2. The van der Waals surface area contributed by atoms with Gasteiger partial charge in [0.05, 0.1) is 16.1 Å². The lowest BCUT2D eigenvalue weighted by Crippen LogP contribution is -2.44. The van der Waals surface area contributed by atoms with Crippen molar-refractivity contribution in [3.05, 3.63) is 74.0 Å². The number of carbonyl (C=O) groups is 2. The first-order valence-electron chi connectivity index (χ1n) is 8.25. The van der Waals surface area contributed by atoms with E-state index in [1.165, 1.54) is 22.8 Å². The molecule has 0 fully saturated rings. The smallest absolute Gasteiger partial charge is 0.279 e. The Labute approximate surface area is 169 Å². The van der Waals surface area contributed by atoms with Gasteiger partial charge in [-0.1, -0.05) is 35.3 Å². The normalized spacial score (nSPS) is 10.7. The molecule has 0 saturated carbocycles. The molecule has 0 saturated heterocycles. The molecule has 1 heterocycles. The van der Waals surface area contributed by atoms with Crippen molar-refractivity contribution in [1.29, 1.82) is 0 Å². The highest BCUT2D eigenvalue weighted by Crippen LogP contribution is 2.26. The summed E-state index contributed by atoms with van der Waals surface area (Å²) < 4.78 is 1.36. The molecule has 0 unspecified atom stereocenters. The minimum atomic E-state index is -0.950. The summed E-state index contributed by atoms with van der Waals surface area (Å²) in [6, 6.07) is 10.9. The molecule has 144 valence electrons. The molecular formula is C19H15Cl2N3O4. The zero-order valence-electron chi connectivity index (χ0n) is 14.6. The van der Waals surface area contributed by atoms with E-state index < -0.39 is 28.7 Å². The molecule has 0 bridgehead atoms. The summed E-state index contributed by atoms with van der Waals surface area (Å²) in [5, 5.41) is 11.3. The van der Waals surface area contributed by atoms with Crippen molar-refractivity contribution >= 4 is 45.9 Å². The fraction of sp³-hybridized carbons (Fsp3) is 0.105. The minimum Gasteiger partial charge on any atom is -0.506 e. The van der Waals surface area contributed by atoms with Crippen LogP contribution in [0.15, 0.2) is 47.3 Å². The second-order valence-corrected chi connectivity index (χ2v) is 6.67. The van der Waals surface area contributed by atoms with E-state index in [2.05, 4.69) is 10.9 Å². The average molecular weight is 420 g/mol. The molecular weight excluding hydrogens is 405 g/mol. The van der Waals surface area contributed by atoms with Gasteiger partial charge in [-0.3, -0.25) is 25.2 Å². The number of aryl methyl sites for hydroxylation is 1. The van der Waals surface area contributed by atoms with Crippen LogP contribution in [0.3, 0.4) is 0 Å². The predicted octanol–water partition coefficient (Wildman–Crippen LogP) is 3.11. The van der Waals surface area contributed by atoms with Gasteiger partial charge in [0.15, 0.2) is 0 Å². The van der Waals surface area contributed by atoms with Gasteiger partial charge < -0.3 is 9.67 Å². The zero-order chi connectivity index (χ0) is 20.4. The van der Waals surface area contributed by atoms with Crippen molar-refractivity contribution in [1.82, 2.24) is 15.4 Å². The number of fused-ring (bicyclic) bond motifs is 1. The third kappa shape index (κ3) is 3.54. The van der Waals surface area contributed by atoms with Gasteiger partial charge in [0.25, 0.3) is 17.4 Å². The van der Waals surface area contributed by atoms with Crippen molar-refractivity contribution < 1.29 is 14.7 Å². The summed E-state index contributed by atoms with van der Waals surface area (Å²) >= 11 is 11.8. The highest BCUT2D eigenvalue weighted by molar-refractivity contribution is 6.36. The van der Waals surface area contributed by atoms with Gasteiger partial charge in [0.2, 0.25) is 0 Å². The SMILES string of the molecule is CCn1c(=O)c(C(=O)NNC(=O)c2ccc(Cl)cc2Cl)c(O)c2ccccc21. The molecule has 3 aromatic rings. The van der Waals surface area contributed by atoms with Crippen LogP contribution in [0.4, 0.5) is 0 Å². The number of nitrogens with one attached hydrogen (secondary N) is 2. The van der Waals surface area contributed by atoms with Crippen molar-refractivity contribution in [2.75, 3.05) is 0 Å². The quantitative estimate of drug-likeness (QED) is 0.567. The molecule has 3 N–H and O–H groups in total. The van der Waals surface area contributed by atoms with Crippen molar-refractivity contribution in [2.24, 2.45) is 0 Å². The van der Waals surface area contributed by atoms with Gasteiger partial charge in [0.1, 0.15) is 11.3 Å². The molecule has 28 heavy (non-hydrogen) atoms. The second-order valence-electron chi connectivity index (χ2n) is 5.82. The van der Waals surface area contributed by atoms with Crippen LogP contribution in [-0.2, 0) is 6.54 Å². The van der Waals surface area contributed by atoms with Gasteiger partial charge in [0, 0.05) is 17.0 Å². The number of aromatic nitrogens is 1. The van der Waals surface area contributed by atoms with E-state index >= 15 is 0 Å². The Kier molecular flexibility index (Phi) is 5.58. The van der Waals surface area contributed by atoms with Crippen molar-refractivity contribution in [2.45, 2.75) is 13.5 Å². The Balaban J connectivity index is 1.92. The van der Waals surface area contributed by atoms with E-state index in [1.54, 1.807) is 31.2 Å². The number of hydrogen-bond acceptors (Lipinski definition) is 4. The number of pyridine rings is 1. The largest absolute Gasteiger partial charge is 0.506 e. The fourth-order valence-corrected chi connectivity index (χ4v) is 3.32. The lowest BCUT2D eigenvalue weighted by molar-refractivity contribution is 0.0844. The summed E-state index contributed by atoms with van der Waals surface area (Å²) in [5.74, 6) is -2.11. The third-order valence-corrected chi connectivity index (χ3v) is 4.70. The maximum Gasteiger partial charge on any atom is 0.279 e. The molecule has 0 aliphatic heterocycles. The molecule has 0 aliphatic rings. The first-order chi connectivity index (χ1) is 13.3. The van der Waals surface area contributed by atoms with E-state index in [4.69, 9.17) is 23.2 Å². The van der Waals surface area contributed by atoms with Crippen LogP contribution in [0.5, 0.6) is 5.75 Å². The molecule has 0 radical (unpaired) electrons. The van der Waals surface area contributed by atoms with E-state index in [0.717, 1.165) is 0 Å². The maximum atomic E-state index is 12.7. The summed E-state index contributed by atoms with van der Waals surface area (Å²) in [4.78, 5) is 37.4. The summed E-state index contributed by atoms with van der Waals surface area (Å²) in [6.45, 7) is 2.05. The number of carbonyl (C=O) groups excluding carboxylic acids is 2. The Hall–Kier alpha value is -3.03. The van der Waals surface area contributed by atoms with Crippen LogP contribution in [0.1, 0.15) is 27.6 Å². The van der Waals surface area contributed by atoms with Gasteiger partial charge in [-0.2, -0.15) is 0 Å². The van der Waals surface area contributed by atoms with Crippen LogP contribution in [0.2, 0.25) is 10.0 Å². The van der Waals surface area contributed by atoms with E-state index in [0.29, 0.717) is 22.5 Å². The summed E-state index contributed by atoms with van der Waals surface area (Å²) in [7, 11) is 0. The summed E-state index contributed by atoms with van der Waals surface area (Å²) in [5.41, 5.74) is 3.75. The monoisotopic (exact) mass is 419 g/mol. The molecule has 0 spiro atoms. The van der Waals surface area contributed by atoms with Crippen LogP contribution >= 0.6 is 23.2 Å². The molecule has 2 amide bonds. The predicted molar refractivity (Wildman–Crippen MR) is 107 cm³/mol. The van der Waals surface area contributed by atoms with Crippen LogP contribution in [0, 0.1) is 0 Å². The van der Waals surface area contributed by atoms with E-state index in [1.807, 2.05) is 0 Å². The molecule has 0 atom stereocenters. The van der Waals surface area contributed by atoms with Gasteiger partial charge in [-0.05, 0) is 37.3 Å². The fourth-order valence-electron chi connectivity index (χ4n) is 2.83. The zero-order valence-corrected chi connectivity index (χ0v) is 16.1. The van der Waals surface area contributed by atoms with Gasteiger partial charge >= 0.3 is 0 Å². The lowest BCUT2D eigenvalue weighted by Gasteiger charge is -2.14. The Morgan fingerprint density at radius 3 is 2.43 bits per heavy atom. The maximum absolute atomic E-state index is 12.7. The molecule has 7 nitrogen and oxygen atoms in total. The molecule has 9 heteroatoms. The van der Waals surface area contributed by atoms with Gasteiger partial charge in [-0.15, -0.1) is 0 Å². The lowest BCUT2D eigenvalue weighted by atomic mass is 10.1. The topological polar surface area (TPSA) is 100 Å². The van der Waals surface area contributed by atoms with Crippen molar-refractivity contribution in [3.8, 4) is 5.75 Å².